The number of amides is 1. The van der Waals surface area contributed by atoms with Crippen LogP contribution in [0.3, 0.4) is 0 Å². The molecule has 10 heteroatoms. The predicted octanol–water partition coefficient (Wildman–Crippen LogP) is 3.34. The molecule has 1 aromatic carbocycles. The van der Waals surface area contributed by atoms with Crippen molar-refractivity contribution in [2.24, 2.45) is 0 Å². The monoisotopic (exact) mass is 402 g/mol. The summed E-state index contributed by atoms with van der Waals surface area (Å²) >= 11 is 1.31. The number of piperidine rings is 1. The highest BCUT2D eigenvalue weighted by Crippen LogP contribution is 2.30. The number of hydrogen-bond donors (Lipinski definition) is 1. The molecule has 1 amide bonds. The Labute approximate surface area is 164 Å². The van der Waals surface area contributed by atoms with Crippen molar-refractivity contribution < 1.29 is 13.7 Å². The Bertz CT molecular complexity index is 1000. The van der Waals surface area contributed by atoms with E-state index in [0.29, 0.717) is 41.1 Å². The largest absolute Gasteiger partial charge is 0.357 e. The highest BCUT2D eigenvalue weighted by molar-refractivity contribution is 7.15. The molecule has 0 radical (unpaired) electrons. The van der Waals surface area contributed by atoms with Crippen molar-refractivity contribution in [2.75, 3.05) is 16.8 Å². The third-order valence-electron chi connectivity index (χ3n) is 4.60. The van der Waals surface area contributed by atoms with Crippen LogP contribution in [-0.4, -0.2) is 38.8 Å². The van der Waals surface area contributed by atoms with E-state index in [1.807, 2.05) is 11.8 Å². The van der Waals surface area contributed by atoms with Crippen LogP contribution < -0.4 is 10.2 Å². The Hall–Kier alpha value is -2.88. The maximum absolute atomic E-state index is 14.9. The van der Waals surface area contributed by atoms with Gasteiger partial charge in [-0.2, -0.15) is 4.98 Å². The summed E-state index contributed by atoms with van der Waals surface area (Å²) in [6.45, 7) is 4.10. The van der Waals surface area contributed by atoms with Crippen LogP contribution in [0.4, 0.5) is 15.2 Å². The number of benzene rings is 1. The number of aromatic nitrogens is 4. The molecule has 8 nitrogen and oxygen atoms in total. The van der Waals surface area contributed by atoms with Crippen molar-refractivity contribution in [1.82, 2.24) is 20.3 Å². The van der Waals surface area contributed by atoms with Crippen LogP contribution in [0.5, 0.6) is 0 Å². The first kappa shape index (κ1) is 18.5. The van der Waals surface area contributed by atoms with Gasteiger partial charge in [0, 0.05) is 19.0 Å². The summed E-state index contributed by atoms with van der Waals surface area (Å²) < 4.78 is 19.9. The smallest absolute Gasteiger partial charge is 0.248 e. The van der Waals surface area contributed by atoms with Gasteiger partial charge in [0.2, 0.25) is 22.8 Å². The number of carbonyl (C=O) groups excluding carboxylic acids is 1. The van der Waals surface area contributed by atoms with Crippen molar-refractivity contribution in [2.45, 2.75) is 39.2 Å². The van der Waals surface area contributed by atoms with Gasteiger partial charge in [0.1, 0.15) is 16.9 Å². The lowest BCUT2D eigenvalue weighted by molar-refractivity contribution is -0.117. The number of anilines is 2. The van der Waals surface area contributed by atoms with Gasteiger partial charge in [-0.25, -0.2) is 4.39 Å². The lowest BCUT2D eigenvalue weighted by Gasteiger charge is -2.36. The van der Waals surface area contributed by atoms with Crippen LogP contribution in [0.25, 0.3) is 11.4 Å². The second kappa shape index (κ2) is 7.63. The van der Waals surface area contributed by atoms with Gasteiger partial charge in [-0.05, 0) is 44.4 Å². The fraction of sp³-hybridized carbons (Fsp3) is 0.389. The molecule has 4 rings (SSSR count). The van der Waals surface area contributed by atoms with Crippen molar-refractivity contribution in [1.29, 1.82) is 0 Å². The minimum absolute atomic E-state index is 0.201. The van der Waals surface area contributed by atoms with Gasteiger partial charge in [0.15, 0.2) is 0 Å². The minimum atomic E-state index is -0.467. The molecule has 1 saturated heterocycles. The normalized spacial score (nSPS) is 17.0. The first-order chi connectivity index (χ1) is 13.5. The molecule has 3 heterocycles. The topological polar surface area (TPSA) is 97.0 Å². The summed E-state index contributed by atoms with van der Waals surface area (Å²) in [6.07, 6.45) is 2.45. The quantitative estimate of drug-likeness (QED) is 0.715. The lowest BCUT2D eigenvalue weighted by Crippen LogP contribution is -2.47. The van der Waals surface area contributed by atoms with Crippen LogP contribution in [0.15, 0.2) is 22.7 Å². The van der Waals surface area contributed by atoms with Crippen molar-refractivity contribution in [3.05, 3.63) is 34.9 Å². The van der Waals surface area contributed by atoms with E-state index in [9.17, 15) is 9.18 Å². The molecule has 1 atom stereocenters. The highest BCUT2D eigenvalue weighted by Gasteiger charge is 2.31. The average molecular weight is 402 g/mol. The number of nitrogens with zero attached hydrogens (tertiary/aromatic N) is 5. The third-order valence-corrected chi connectivity index (χ3v) is 5.36. The van der Waals surface area contributed by atoms with Gasteiger partial charge in [-0.1, -0.05) is 16.5 Å². The molecule has 0 spiro atoms. The average Bonchev–Trinajstić information content (AvgIpc) is 3.30. The van der Waals surface area contributed by atoms with E-state index in [1.54, 1.807) is 19.1 Å². The Morgan fingerprint density at radius 1 is 1.32 bits per heavy atom. The molecule has 1 unspecified atom stereocenters. The van der Waals surface area contributed by atoms with E-state index >= 15 is 0 Å². The minimum Gasteiger partial charge on any atom is -0.357 e. The van der Waals surface area contributed by atoms with E-state index in [2.05, 4.69) is 25.7 Å². The molecule has 3 aromatic rings. The van der Waals surface area contributed by atoms with Crippen molar-refractivity contribution in [3.8, 4) is 11.4 Å². The SMILES string of the molecule is Cc1nc(-c2ccc(N3CCCCC3C(=O)Nc3nnc(C)s3)c(F)c2)no1. The number of halogens is 1. The summed E-state index contributed by atoms with van der Waals surface area (Å²) in [4.78, 5) is 18.7. The Morgan fingerprint density at radius 2 is 2.18 bits per heavy atom. The van der Waals surface area contributed by atoms with Gasteiger partial charge in [0.25, 0.3) is 0 Å². The summed E-state index contributed by atoms with van der Waals surface area (Å²) in [5, 5.41) is 15.7. The molecule has 28 heavy (non-hydrogen) atoms. The van der Waals surface area contributed by atoms with Gasteiger partial charge in [-0.15, -0.1) is 10.2 Å². The second-order valence-electron chi connectivity index (χ2n) is 6.62. The van der Waals surface area contributed by atoms with Crippen LogP contribution >= 0.6 is 11.3 Å². The van der Waals surface area contributed by atoms with Gasteiger partial charge >= 0.3 is 0 Å². The van der Waals surface area contributed by atoms with Gasteiger partial charge in [-0.3, -0.25) is 10.1 Å². The zero-order valence-corrected chi connectivity index (χ0v) is 16.3. The summed E-state index contributed by atoms with van der Waals surface area (Å²) in [7, 11) is 0. The fourth-order valence-corrected chi connectivity index (χ4v) is 3.92. The molecule has 1 aliphatic rings. The van der Waals surface area contributed by atoms with Crippen LogP contribution in [0.2, 0.25) is 0 Å². The van der Waals surface area contributed by atoms with E-state index in [-0.39, 0.29) is 5.91 Å². The standard InChI is InChI=1S/C18H19FN6O2S/c1-10-20-16(24-27-10)12-6-7-14(13(19)9-12)25-8-4-3-5-15(25)17(26)21-18-23-22-11(2)28-18/h6-7,9,15H,3-5,8H2,1-2H3,(H,21,23,26). The molecular formula is C18H19FN6O2S. The van der Waals surface area contributed by atoms with E-state index in [4.69, 9.17) is 4.52 Å². The van der Waals surface area contributed by atoms with E-state index in [1.165, 1.54) is 17.4 Å². The van der Waals surface area contributed by atoms with Crippen LogP contribution in [-0.2, 0) is 4.79 Å². The molecule has 2 aromatic heterocycles. The van der Waals surface area contributed by atoms with E-state index < -0.39 is 11.9 Å². The van der Waals surface area contributed by atoms with Crippen LogP contribution in [0, 0.1) is 19.7 Å². The first-order valence-electron chi connectivity index (χ1n) is 8.99. The number of nitrogens with one attached hydrogen (secondary N) is 1. The maximum atomic E-state index is 14.9. The first-order valence-corrected chi connectivity index (χ1v) is 9.81. The van der Waals surface area contributed by atoms with Crippen molar-refractivity contribution >= 4 is 28.1 Å². The molecule has 1 N–H and O–H groups in total. The second-order valence-corrected chi connectivity index (χ2v) is 7.81. The predicted molar refractivity (Wildman–Crippen MR) is 103 cm³/mol. The lowest BCUT2D eigenvalue weighted by atomic mass is 10.00. The number of hydrogen-bond acceptors (Lipinski definition) is 8. The molecule has 1 aliphatic heterocycles. The zero-order valence-electron chi connectivity index (χ0n) is 15.5. The summed E-state index contributed by atoms with van der Waals surface area (Å²) in [5.41, 5.74) is 0.915. The number of carbonyl (C=O) groups is 1. The third kappa shape index (κ3) is 3.72. The molecule has 0 saturated carbocycles. The Morgan fingerprint density at radius 3 is 2.86 bits per heavy atom. The molecule has 0 bridgehead atoms. The number of aryl methyl sites for hydroxylation is 2. The molecule has 1 fully saturated rings. The molecular weight excluding hydrogens is 383 g/mol. The maximum Gasteiger partial charge on any atom is 0.248 e. The summed E-state index contributed by atoms with van der Waals surface area (Å²) in [6, 6.07) is 4.31. The van der Waals surface area contributed by atoms with Gasteiger partial charge in [0.05, 0.1) is 5.69 Å². The van der Waals surface area contributed by atoms with E-state index in [0.717, 1.165) is 17.8 Å². The van der Waals surface area contributed by atoms with Crippen LogP contribution in [0.1, 0.15) is 30.2 Å². The fourth-order valence-electron chi connectivity index (χ4n) is 3.32. The Kier molecular flexibility index (Phi) is 5.03. The Balaban J connectivity index is 1.57. The highest BCUT2D eigenvalue weighted by atomic mass is 32.1. The molecule has 146 valence electrons. The van der Waals surface area contributed by atoms with Crippen molar-refractivity contribution in [3.63, 3.8) is 0 Å². The zero-order chi connectivity index (χ0) is 19.7. The van der Waals surface area contributed by atoms with Gasteiger partial charge < -0.3 is 9.42 Å². The number of rotatable bonds is 4. The summed E-state index contributed by atoms with van der Waals surface area (Å²) in [5.74, 6) is 0.126. The molecule has 0 aliphatic carbocycles.